The lowest BCUT2D eigenvalue weighted by atomic mass is 10.0. The molecule has 1 aromatic heterocycles. The van der Waals surface area contributed by atoms with E-state index >= 15 is 0 Å². The fourth-order valence-corrected chi connectivity index (χ4v) is 3.71. The zero-order chi connectivity index (χ0) is 12.0. The minimum Gasteiger partial charge on any atom is -0.337 e. The highest BCUT2D eigenvalue weighted by Gasteiger charge is 2.39. The zero-order valence-corrected chi connectivity index (χ0v) is 11.0. The number of aromatic nitrogens is 1. The Morgan fingerprint density at radius 2 is 2.00 bits per heavy atom. The summed E-state index contributed by atoms with van der Waals surface area (Å²) >= 11 is 1.61. The van der Waals surface area contributed by atoms with E-state index in [1.807, 2.05) is 18.7 Å². The lowest BCUT2D eigenvalue weighted by molar-refractivity contribution is 0.0776. The Morgan fingerprint density at radius 1 is 1.35 bits per heavy atom. The van der Waals surface area contributed by atoms with Crippen LogP contribution in [-0.4, -0.2) is 42.0 Å². The SMILES string of the molecule is Cc1nc(C(=O)N2C[C@H]3CNC[C@H]3C2)c(C)s1. The number of fused-ring (bicyclic) bond motifs is 1. The number of likely N-dealkylation sites (tertiary alicyclic amines) is 1. The van der Waals surface area contributed by atoms with Gasteiger partial charge in [-0.3, -0.25) is 4.79 Å². The number of nitrogens with one attached hydrogen (secondary N) is 1. The number of hydrogen-bond donors (Lipinski definition) is 1. The summed E-state index contributed by atoms with van der Waals surface area (Å²) in [6, 6.07) is 0. The van der Waals surface area contributed by atoms with Crippen molar-refractivity contribution in [3.63, 3.8) is 0 Å². The van der Waals surface area contributed by atoms with Crippen LogP contribution < -0.4 is 5.32 Å². The molecule has 17 heavy (non-hydrogen) atoms. The van der Waals surface area contributed by atoms with Gasteiger partial charge in [-0.05, 0) is 25.7 Å². The Bertz CT molecular complexity index is 445. The Hall–Kier alpha value is -0.940. The second-order valence-electron chi connectivity index (χ2n) is 5.03. The summed E-state index contributed by atoms with van der Waals surface area (Å²) in [4.78, 5) is 19.8. The molecule has 3 heterocycles. The number of nitrogens with zero attached hydrogens (tertiary/aromatic N) is 2. The number of amides is 1. The molecule has 0 radical (unpaired) electrons. The molecular weight excluding hydrogens is 234 g/mol. The summed E-state index contributed by atoms with van der Waals surface area (Å²) in [5, 5.41) is 4.37. The average Bonchev–Trinajstić information content (AvgIpc) is 2.90. The molecule has 0 unspecified atom stereocenters. The van der Waals surface area contributed by atoms with Gasteiger partial charge >= 0.3 is 0 Å². The van der Waals surface area contributed by atoms with E-state index in [1.165, 1.54) is 0 Å². The Balaban J connectivity index is 1.77. The summed E-state index contributed by atoms with van der Waals surface area (Å²) in [5.74, 6) is 1.43. The van der Waals surface area contributed by atoms with Gasteiger partial charge in [-0.1, -0.05) is 0 Å². The first-order valence-corrected chi connectivity index (χ1v) is 6.91. The van der Waals surface area contributed by atoms with Gasteiger partial charge in [0.25, 0.3) is 5.91 Å². The zero-order valence-electron chi connectivity index (χ0n) is 10.2. The lowest BCUT2D eigenvalue weighted by Crippen LogP contribution is -2.32. The predicted molar refractivity (Wildman–Crippen MR) is 67.3 cm³/mol. The lowest BCUT2D eigenvalue weighted by Gasteiger charge is -2.16. The first-order valence-electron chi connectivity index (χ1n) is 6.09. The number of rotatable bonds is 1. The van der Waals surface area contributed by atoms with Crippen LogP contribution in [0.5, 0.6) is 0 Å². The van der Waals surface area contributed by atoms with Gasteiger partial charge in [-0.25, -0.2) is 4.98 Å². The van der Waals surface area contributed by atoms with Gasteiger partial charge in [-0.2, -0.15) is 0 Å². The van der Waals surface area contributed by atoms with Crippen LogP contribution in [0.2, 0.25) is 0 Å². The third kappa shape index (κ3) is 1.87. The first-order chi connectivity index (χ1) is 8.15. The van der Waals surface area contributed by atoms with Crippen molar-refractivity contribution >= 4 is 17.2 Å². The molecule has 92 valence electrons. The highest BCUT2D eigenvalue weighted by molar-refractivity contribution is 7.11. The minimum absolute atomic E-state index is 0.126. The fourth-order valence-electron chi connectivity index (χ4n) is 2.90. The van der Waals surface area contributed by atoms with Gasteiger partial charge in [0.1, 0.15) is 5.69 Å². The molecule has 2 aliphatic rings. The summed E-state index contributed by atoms with van der Waals surface area (Å²) in [6.45, 7) is 7.85. The third-order valence-corrected chi connectivity index (χ3v) is 4.67. The standard InChI is InChI=1S/C12H17N3OS/c1-7-11(14-8(2)17-7)12(16)15-5-9-3-13-4-10(9)6-15/h9-10,13H,3-6H2,1-2H3/t9-,10+. The molecule has 1 N–H and O–H groups in total. The Labute approximate surface area is 105 Å². The molecule has 0 saturated carbocycles. The quantitative estimate of drug-likeness (QED) is 0.811. The smallest absolute Gasteiger partial charge is 0.273 e. The number of aryl methyl sites for hydroxylation is 2. The van der Waals surface area contributed by atoms with E-state index in [9.17, 15) is 4.79 Å². The Morgan fingerprint density at radius 3 is 2.53 bits per heavy atom. The molecule has 2 aliphatic heterocycles. The largest absolute Gasteiger partial charge is 0.337 e. The second kappa shape index (κ2) is 4.07. The fraction of sp³-hybridized carbons (Fsp3) is 0.667. The molecule has 1 amide bonds. The number of carbonyl (C=O) groups is 1. The van der Waals surface area contributed by atoms with Crippen LogP contribution >= 0.6 is 11.3 Å². The van der Waals surface area contributed by atoms with Gasteiger partial charge in [0.15, 0.2) is 0 Å². The van der Waals surface area contributed by atoms with Crippen LogP contribution in [0, 0.1) is 25.7 Å². The topological polar surface area (TPSA) is 45.2 Å². The maximum absolute atomic E-state index is 12.4. The molecule has 2 fully saturated rings. The van der Waals surface area contributed by atoms with Crippen LogP contribution in [-0.2, 0) is 0 Å². The molecule has 0 aromatic carbocycles. The Kier molecular flexibility index (Phi) is 2.67. The summed E-state index contributed by atoms with van der Waals surface area (Å²) in [7, 11) is 0. The van der Waals surface area contributed by atoms with Crippen LogP contribution in [0.1, 0.15) is 20.4 Å². The van der Waals surface area contributed by atoms with E-state index in [0.717, 1.165) is 36.1 Å². The second-order valence-corrected chi connectivity index (χ2v) is 6.43. The molecule has 1 aromatic rings. The van der Waals surface area contributed by atoms with Crippen molar-refractivity contribution in [2.75, 3.05) is 26.2 Å². The van der Waals surface area contributed by atoms with Gasteiger partial charge in [0.05, 0.1) is 5.01 Å². The maximum Gasteiger partial charge on any atom is 0.273 e. The molecule has 5 heteroatoms. The van der Waals surface area contributed by atoms with Crippen molar-refractivity contribution in [2.24, 2.45) is 11.8 Å². The van der Waals surface area contributed by atoms with Gasteiger partial charge in [-0.15, -0.1) is 11.3 Å². The molecule has 0 bridgehead atoms. The van der Waals surface area contributed by atoms with Crippen LogP contribution in [0.3, 0.4) is 0 Å². The van der Waals surface area contributed by atoms with Crippen molar-refractivity contribution in [1.82, 2.24) is 15.2 Å². The summed E-state index contributed by atoms with van der Waals surface area (Å²) in [6.07, 6.45) is 0. The van der Waals surface area contributed by atoms with Gasteiger partial charge in [0, 0.05) is 31.1 Å². The van der Waals surface area contributed by atoms with Crippen molar-refractivity contribution in [1.29, 1.82) is 0 Å². The molecule has 0 spiro atoms. The molecule has 2 saturated heterocycles. The van der Waals surface area contributed by atoms with Gasteiger partial charge in [0.2, 0.25) is 0 Å². The monoisotopic (exact) mass is 251 g/mol. The average molecular weight is 251 g/mol. The highest BCUT2D eigenvalue weighted by atomic mass is 32.1. The molecule has 3 rings (SSSR count). The van der Waals surface area contributed by atoms with Crippen LogP contribution in [0.15, 0.2) is 0 Å². The molecule has 2 atom stereocenters. The maximum atomic E-state index is 12.4. The molecule has 0 aliphatic carbocycles. The van der Waals surface area contributed by atoms with Gasteiger partial charge < -0.3 is 10.2 Å². The number of carbonyl (C=O) groups excluding carboxylic acids is 1. The normalized spacial score (nSPS) is 27.5. The summed E-state index contributed by atoms with van der Waals surface area (Å²) < 4.78 is 0. The van der Waals surface area contributed by atoms with E-state index in [2.05, 4.69) is 10.3 Å². The van der Waals surface area contributed by atoms with E-state index in [0.29, 0.717) is 17.5 Å². The van der Waals surface area contributed by atoms with Crippen LogP contribution in [0.4, 0.5) is 0 Å². The number of thiazole rings is 1. The minimum atomic E-state index is 0.126. The highest BCUT2D eigenvalue weighted by Crippen LogP contribution is 2.28. The van der Waals surface area contributed by atoms with Crippen molar-refractivity contribution < 1.29 is 4.79 Å². The van der Waals surface area contributed by atoms with E-state index in [4.69, 9.17) is 0 Å². The summed E-state index contributed by atoms with van der Waals surface area (Å²) in [5.41, 5.74) is 0.667. The third-order valence-electron chi connectivity index (χ3n) is 3.78. The number of hydrogen-bond acceptors (Lipinski definition) is 4. The van der Waals surface area contributed by atoms with E-state index < -0.39 is 0 Å². The first kappa shape index (κ1) is 11.2. The van der Waals surface area contributed by atoms with E-state index in [1.54, 1.807) is 11.3 Å². The molecular formula is C12H17N3OS. The molecule has 4 nitrogen and oxygen atoms in total. The van der Waals surface area contributed by atoms with E-state index in [-0.39, 0.29) is 5.91 Å². The van der Waals surface area contributed by atoms with Crippen molar-refractivity contribution in [2.45, 2.75) is 13.8 Å². The van der Waals surface area contributed by atoms with Crippen molar-refractivity contribution in [3.05, 3.63) is 15.6 Å². The van der Waals surface area contributed by atoms with Crippen molar-refractivity contribution in [3.8, 4) is 0 Å². The predicted octanol–water partition coefficient (Wildman–Crippen LogP) is 1.05. The van der Waals surface area contributed by atoms with Crippen LogP contribution in [0.25, 0.3) is 0 Å².